The van der Waals surface area contributed by atoms with Gasteiger partial charge in [-0.05, 0) is 65.8 Å². The van der Waals surface area contributed by atoms with E-state index in [1.165, 1.54) is 26.0 Å². The number of allylic oxidation sites excluding steroid dienone is 1. The van der Waals surface area contributed by atoms with E-state index in [1.54, 1.807) is 0 Å². The first-order valence-corrected chi connectivity index (χ1v) is 9.43. The molecular formula is C20H15IN2S. The Hall–Kier alpha value is -1.97. The van der Waals surface area contributed by atoms with Crippen LogP contribution in [0.1, 0.15) is 21.7 Å². The molecule has 0 saturated carbocycles. The molecule has 0 bridgehead atoms. The maximum absolute atomic E-state index is 9.51. The van der Waals surface area contributed by atoms with Crippen LogP contribution in [-0.4, -0.2) is 4.98 Å². The number of nitriles is 1. The number of hydrogen-bond donors (Lipinski definition) is 0. The lowest BCUT2D eigenvalue weighted by molar-refractivity contribution is 1.32. The van der Waals surface area contributed by atoms with E-state index in [0.29, 0.717) is 5.57 Å². The Balaban J connectivity index is 1.96. The molecule has 2 nitrogen and oxygen atoms in total. The molecular weight excluding hydrogens is 427 g/mol. The Bertz CT molecular complexity index is 947. The van der Waals surface area contributed by atoms with Crippen molar-refractivity contribution in [3.63, 3.8) is 0 Å². The zero-order chi connectivity index (χ0) is 17.1. The van der Waals surface area contributed by atoms with Crippen molar-refractivity contribution in [2.75, 3.05) is 0 Å². The van der Waals surface area contributed by atoms with Gasteiger partial charge in [0.05, 0.1) is 11.3 Å². The van der Waals surface area contributed by atoms with E-state index in [2.05, 4.69) is 65.7 Å². The number of rotatable bonds is 3. The van der Waals surface area contributed by atoms with E-state index < -0.39 is 0 Å². The third-order valence-corrected chi connectivity index (χ3v) is 5.29. The van der Waals surface area contributed by atoms with Crippen molar-refractivity contribution in [3.8, 4) is 17.3 Å². The van der Waals surface area contributed by atoms with Crippen LogP contribution in [0.2, 0.25) is 0 Å². The average molecular weight is 442 g/mol. The molecule has 1 heterocycles. The minimum Gasteiger partial charge on any atom is -0.235 e. The molecule has 3 rings (SSSR count). The fourth-order valence-electron chi connectivity index (χ4n) is 2.49. The molecule has 1 aromatic heterocycles. The summed E-state index contributed by atoms with van der Waals surface area (Å²) in [6, 6.07) is 16.7. The third-order valence-electron chi connectivity index (χ3n) is 3.69. The molecule has 0 aliphatic rings. The Labute approximate surface area is 159 Å². The molecule has 24 heavy (non-hydrogen) atoms. The maximum Gasteiger partial charge on any atom is 0.134 e. The lowest BCUT2D eigenvalue weighted by Gasteiger charge is -2.03. The number of benzene rings is 2. The molecule has 118 valence electrons. The molecule has 2 aromatic carbocycles. The van der Waals surface area contributed by atoms with Gasteiger partial charge in [0.15, 0.2) is 0 Å². The fourth-order valence-corrected chi connectivity index (χ4v) is 3.63. The van der Waals surface area contributed by atoms with Gasteiger partial charge in [0, 0.05) is 14.5 Å². The molecule has 0 spiro atoms. The van der Waals surface area contributed by atoms with Crippen LogP contribution in [0.3, 0.4) is 0 Å². The zero-order valence-corrected chi connectivity index (χ0v) is 16.4. The topological polar surface area (TPSA) is 36.7 Å². The Kier molecular flexibility index (Phi) is 5.12. The summed E-state index contributed by atoms with van der Waals surface area (Å²) in [6.45, 7) is 4.18. The van der Waals surface area contributed by atoms with Crippen LogP contribution >= 0.6 is 33.9 Å². The normalized spacial score (nSPS) is 11.3. The highest BCUT2D eigenvalue weighted by Crippen LogP contribution is 2.29. The Morgan fingerprint density at radius 2 is 1.92 bits per heavy atom. The van der Waals surface area contributed by atoms with Gasteiger partial charge in [0.2, 0.25) is 0 Å². The van der Waals surface area contributed by atoms with E-state index >= 15 is 0 Å². The molecule has 0 aliphatic heterocycles. The lowest BCUT2D eigenvalue weighted by Crippen LogP contribution is -1.86. The molecule has 0 aliphatic carbocycles. The van der Waals surface area contributed by atoms with Gasteiger partial charge in [-0.25, -0.2) is 4.98 Å². The standard InChI is InChI=1S/C20H15IN2S/c1-13-3-8-18(14(2)9-13)19-12-24-20(23-19)16(11-22)10-15-4-6-17(21)7-5-15/h3-10,12H,1-2H3. The van der Waals surface area contributed by atoms with Crippen molar-refractivity contribution in [3.05, 3.63) is 73.1 Å². The third kappa shape index (κ3) is 3.74. The first-order chi connectivity index (χ1) is 11.6. The minimum absolute atomic E-state index is 0.595. The van der Waals surface area contributed by atoms with Gasteiger partial charge in [-0.15, -0.1) is 11.3 Å². The van der Waals surface area contributed by atoms with E-state index in [4.69, 9.17) is 0 Å². The fraction of sp³-hybridized carbons (Fsp3) is 0.100. The van der Waals surface area contributed by atoms with Gasteiger partial charge in [-0.3, -0.25) is 0 Å². The summed E-state index contributed by atoms with van der Waals surface area (Å²) in [5, 5.41) is 12.3. The summed E-state index contributed by atoms with van der Waals surface area (Å²) in [5.41, 5.74) is 6.09. The monoisotopic (exact) mass is 442 g/mol. The molecule has 4 heteroatoms. The highest BCUT2D eigenvalue weighted by Gasteiger charge is 2.10. The summed E-state index contributed by atoms with van der Waals surface area (Å²) in [6.07, 6.45) is 1.89. The van der Waals surface area contributed by atoms with Crippen molar-refractivity contribution >= 4 is 45.6 Å². The van der Waals surface area contributed by atoms with Crippen molar-refractivity contribution in [2.24, 2.45) is 0 Å². The van der Waals surface area contributed by atoms with Crippen LogP contribution in [0.25, 0.3) is 22.9 Å². The molecule has 0 amide bonds. The Morgan fingerprint density at radius 3 is 2.58 bits per heavy atom. The van der Waals surface area contributed by atoms with Crippen molar-refractivity contribution < 1.29 is 0 Å². The molecule has 0 atom stereocenters. The number of halogens is 1. The number of hydrogen-bond acceptors (Lipinski definition) is 3. The van der Waals surface area contributed by atoms with Crippen LogP contribution in [0.5, 0.6) is 0 Å². The van der Waals surface area contributed by atoms with Gasteiger partial charge in [-0.1, -0.05) is 35.9 Å². The summed E-state index contributed by atoms with van der Waals surface area (Å²) in [7, 11) is 0. The second-order valence-corrected chi connectivity index (χ2v) is 7.68. The number of aryl methyl sites for hydroxylation is 2. The molecule has 0 fully saturated rings. The minimum atomic E-state index is 0.595. The summed E-state index contributed by atoms with van der Waals surface area (Å²) in [4.78, 5) is 4.68. The van der Waals surface area contributed by atoms with Crippen molar-refractivity contribution in [2.45, 2.75) is 13.8 Å². The van der Waals surface area contributed by atoms with E-state index in [-0.39, 0.29) is 0 Å². The number of nitrogens with zero attached hydrogens (tertiary/aromatic N) is 2. The second kappa shape index (κ2) is 7.29. The van der Waals surface area contributed by atoms with E-state index in [0.717, 1.165) is 21.8 Å². The molecule has 0 radical (unpaired) electrons. The van der Waals surface area contributed by atoms with Gasteiger partial charge < -0.3 is 0 Å². The predicted octanol–water partition coefficient (Wildman–Crippen LogP) is 6.10. The van der Waals surface area contributed by atoms with Crippen LogP contribution in [0.4, 0.5) is 0 Å². The second-order valence-electron chi connectivity index (χ2n) is 5.58. The highest BCUT2D eigenvalue weighted by molar-refractivity contribution is 14.1. The zero-order valence-electron chi connectivity index (χ0n) is 13.4. The van der Waals surface area contributed by atoms with Gasteiger partial charge in [0.1, 0.15) is 11.1 Å². The smallest absolute Gasteiger partial charge is 0.134 e. The molecule has 0 unspecified atom stereocenters. The van der Waals surface area contributed by atoms with Crippen LogP contribution < -0.4 is 0 Å². The van der Waals surface area contributed by atoms with Gasteiger partial charge in [-0.2, -0.15) is 5.26 Å². The first-order valence-electron chi connectivity index (χ1n) is 7.48. The summed E-state index contributed by atoms with van der Waals surface area (Å²) < 4.78 is 1.18. The van der Waals surface area contributed by atoms with Crippen LogP contribution in [0, 0.1) is 28.7 Å². The quantitative estimate of drug-likeness (QED) is 0.363. The highest BCUT2D eigenvalue weighted by atomic mass is 127. The van der Waals surface area contributed by atoms with Crippen LogP contribution in [-0.2, 0) is 0 Å². The predicted molar refractivity (Wildman–Crippen MR) is 110 cm³/mol. The Morgan fingerprint density at radius 1 is 1.17 bits per heavy atom. The van der Waals surface area contributed by atoms with Crippen molar-refractivity contribution in [1.82, 2.24) is 4.98 Å². The van der Waals surface area contributed by atoms with Gasteiger partial charge >= 0.3 is 0 Å². The van der Waals surface area contributed by atoms with Crippen LogP contribution in [0.15, 0.2) is 47.8 Å². The maximum atomic E-state index is 9.51. The van der Waals surface area contributed by atoms with E-state index in [1.807, 2.05) is 35.7 Å². The summed E-state index contributed by atoms with van der Waals surface area (Å²) in [5.74, 6) is 0. The lowest BCUT2D eigenvalue weighted by atomic mass is 10.0. The molecule has 3 aromatic rings. The van der Waals surface area contributed by atoms with Crippen molar-refractivity contribution in [1.29, 1.82) is 5.26 Å². The van der Waals surface area contributed by atoms with E-state index in [9.17, 15) is 5.26 Å². The first kappa shape index (κ1) is 16.9. The number of aromatic nitrogens is 1. The largest absolute Gasteiger partial charge is 0.235 e. The summed E-state index contributed by atoms with van der Waals surface area (Å²) >= 11 is 3.78. The molecule has 0 saturated heterocycles. The SMILES string of the molecule is Cc1ccc(-c2csc(C(C#N)=Cc3ccc(I)cc3)n2)c(C)c1. The number of thiazole rings is 1. The average Bonchev–Trinajstić information content (AvgIpc) is 3.04. The molecule has 0 N–H and O–H groups in total. The van der Waals surface area contributed by atoms with Gasteiger partial charge in [0.25, 0.3) is 0 Å².